The molecule has 0 radical (unpaired) electrons. The Bertz CT molecular complexity index is 763. The molecule has 0 fully saturated rings. The van der Waals surface area contributed by atoms with Crippen molar-refractivity contribution < 1.29 is 13.9 Å². The van der Waals surface area contributed by atoms with Crippen LogP contribution in [0.15, 0.2) is 53.1 Å². The van der Waals surface area contributed by atoms with Crippen LogP contribution in [0.25, 0.3) is 11.3 Å². The van der Waals surface area contributed by atoms with Crippen LogP contribution in [-0.2, 0) is 6.54 Å². The highest BCUT2D eigenvalue weighted by Gasteiger charge is 2.11. The Kier molecular flexibility index (Phi) is 3.91. The van der Waals surface area contributed by atoms with Gasteiger partial charge in [0.05, 0.1) is 25.6 Å². The zero-order chi connectivity index (χ0) is 15.4. The van der Waals surface area contributed by atoms with Crippen LogP contribution in [0.3, 0.4) is 0 Å². The molecule has 2 N–H and O–H groups in total. The quantitative estimate of drug-likeness (QED) is 0.758. The van der Waals surface area contributed by atoms with Gasteiger partial charge in [0.1, 0.15) is 17.2 Å². The van der Waals surface area contributed by atoms with E-state index in [1.54, 1.807) is 31.6 Å². The molecule has 0 saturated carbocycles. The molecule has 0 atom stereocenters. The van der Waals surface area contributed by atoms with Crippen molar-refractivity contribution in [3.8, 4) is 17.0 Å². The fourth-order valence-electron chi connectivity index (χ4n) is 2.04. The highest BCUT2D eigenvalue weighted by atomic mass is 16.5. The van der Waals surface area contributed by atoms with E-state index in [2.05, 4.69) is 15.5 Å². The number of amides is 1. The first-order valence-electron chi connectivity index (χ1n) is 6.76. The van der Waals surface area contributed by atoms with E-state index in [-0.39, 0.29) is 5.91 Å². The van der Waals surface area contributed by atoms with E-state index in [0.29, 0.717) is 23.7 Å². The largest absolute Gasteiger partial charge is 0.497 e. The number of furan rings is 1. The molecule has 22 heavy (non-hydrogen) atoms. The van der Waals surface area contributed by atoms with E-state index >= 15 is 0 Å². The third-order valence-electron chi connectivity index (χ3n) is 3.19. The molecule has 0 aliphatic heterocycles. The van der Waals surface area contributed by atoms with Gasteiger partial charge in [0.25, 0.3) is 5.91 Å². The molecule has 1 aromatic carbocycles. The SMILES string of the molecule is COc1cccc(-c2cc(C(=O)NCc3ccco3)[nH]n2)c1. The number of nitrogens with one attached hydrogen (secondary N) is 2. The molecule has 0 bridgehead atoms. The van der Waals surface area contributed by atoms with E-state index in [1.165, 1.54) is 0 Å². The van der Waals surface area contributed by atoms with Gasteiger partial charge < -0.3 is 14.5 Å². The third kappa shape index (κ3) is 3.01. The lowest BCUT2D eigenvalue weighted by Crippen LogP contribution is -2.22. The van der Waals surface area contributed by atoms with Crippen LogP contribution in [0.5, 0.6) is 5.75 Å². The van der Waals surface area contributed by atoms with Crippen molar-refractivity contribution in [2.75, 3.05) is 7.11 Å². The maximum absolute atomic E-state index is 12.1. The van der Waals surface area contributed by atoms with Gasteiger partial charge in [-0.2, -0.15) is 5.10 Å². The van der Waals surface area contributed by atoms with Gasteiger partial charge >= 0.3 is 0 Å². The molecular weight excluding hydrogens is 282 g/mol. The normalized spacial score (nSPS) is 10.4. The summed E-state index contributed by atoms with van der Waals surface area (Å²) in [7, 11) is 1.61. The Morgan fingerprint density at radius 1 is 1.32 bits per heavy atom. The van der Waals surface area contributed by atoms with Crippen molar-refractivity contribution >= 4 is 5.91 Å². The predicted molar refractivity (Wildman–Crippen MR) is 80.5 cm³/mol. The van der Waals surface area contributed by atoms with Crippen LogP contribution in [-0.4, -0.2) is 23.2 Å². The number of H-pyrrole nitrogens is 1. The van der Waals surface area contributed by atoms with Gasteiger partial charge in [-0.05, 0) is 30.3 Å². The Balaban J connectivity index is 1.71. The molecular formula is C16H15N3O3. The molecule has 6 nitrogen and oxygen atoms in total. The summed E-state index contributed by atoms with van der Waals surface area (Å²) in [6.45, 7) is 0.333. The van der Waals surface area contributed by atoms with E-state index in [0.717, 1.165) is 11.3 Å². The summed E-state index contributed by atoms with van der Waals surface area (Å²) in [5.41, 5.74) is 1.95. The van der Waals surface area contributed by atoms with Gasteiger partial charge in [-0.15, -0.1) is 0 Å². The number of aromatic amines is 1. The highest BCUT2D eigenvalue weighted by molar-refractivity contribution is 5.93. The first-order valence-corrected chi connectivity index (χ1v) is 6.76. The monoisotopic (exact) mass is 297 g/mol. The zero-order valence-corrected chi connectivity index (χ0v) is 12.0. The minimum absolute atomic E-state index is 0.238. The number of nitrogens with zero attached hydrogens (tertiary/aromatic N) is 1. The van der Waals surface area contributed by atoms with E-state index in [9.17, 15) is 4.79 Å². The van der Waals surface area contributed by atoms with Crippen molar-refractivity contribution in [3.05, 3.63) is 60.2 Å². The lowest BCUT2D eigenvalue weighted by molar-refractivity contribution is 0.0943. The van der Waals surface area contributed by atoms with Crippen molar-refractivity contribution in [1.29, 1.82) is 0 Å². The summed E-state index contributed by atoms with van der Waals surface area (Å²) in [6, 6.07) is 12.8. The van der Waals surface area contributed by atoms with E-state index in [4.69, 9.17) is 9.15 Å². The molecule has 6 heteroatoms. The molecule has 3 aromatic rings. The number of hydrogen-bond donors (Lipinski definition) is 2. The maximum Gasteiger partial charge on any atom is 0.269 e. The summed E-state index contributed by atoms with van der Waals surface area (Å²) in [4.78, 5) is 12.1. The summed E-state index contributed by atoms with van der Waals surface area (Å²) in [5.74, 6) is 1.20. The van der Waals surface area contributed by atoms with Crippen LogP contribution < -0.4 is 10.1 Å². The maximum atomic E-state index is 12.1. The van der Waals surface area contributed by atoms with Gasteiger partial charge in [0, 0.05) is 5.56 Å². The Morgan fingerprint density at radius 2 is 2.23 bits per heavy atom. The Labute approximate surface area is 127 Å². The summed E-state index contributed by atoms with van der Waals surface area (Å²) in [6.07, 6.45) is 1.57. The molecule has 3 rings (SSSR count). The minimum atomic E-state index is -0.238. The molecule has 2 aromatic heterocycles. The first kappa shape index (κ1) is 13.9. The van der Waals surface area contributed by atoms with Crippen molar-refractivity contribution in [2.24, 2.45) is 0 Å². The van der Waals surface area contributed by atoms with Gasteiger partial charge in [0.2, 0.25) is 0 Å². The van der Waals surface area contributed by atoms with Crippen molar-refractivity contribution in [3.63, 3.8) is 0 Å². The second-order valence-corrected chi connectivity index (χ2v) is 4.66. The Hall–Kier alpha value is -3.02. The summed E-state index contributed by atoms with van der Waals surface area (Å²) < 4.78 is 10.3. The van der Waals surface area contributed by atoms with E-state index < -0.39 is 0 Å². The lowest BCUT2D eigenvalue weighted by atomic mass is 10.1. The lowest BCUT2D eigenvalue weighted by Gasteiger charge is -2.01. The van der Waals surface area contributed by atoms with Crippen LogP contribution in [0.4, 0.5) is 0 Å². The van der Waals surface area contributed by atoms with Crippen molar-refractivity contribution in [2.45, 2.75) is 6.54 Å². The number of carbonyl (C=O) groups excluding carboxylic acids is 1. The summed E-state index contributed by atoms with van der Waals surface area (Å²) >= 11 is 0. The molecule has 0 unspecified atom stereocenters. The molecule has 0 spiro atoms. The van der Waals surface area contributed by atoms with Crippen LogP contribution in [0, 0.1) is 0 Å². The fourth-order valence-corrected chi connectivity index (χ4v) is 2.04. The second-order valence-electron chi connectivity index (χ2n) is 4.66. The number of benzene rings is 1. The average Bonchev–Trinajstić information content (AvgIpc) is 3.24. The van der Waals surface area contributed by atoms with Gasteiger partial charge in [0.15, 0.2) is 0 Å². The Morgan fingerprint density at radius 3 is 3.00 bits per heavy atom. The number of carbonyl (C=O) groups is 1. The van der Waals surface area contributed by atoms with Gasteiger partial charge in [-0.3, -0.25) is 9.89 Å². The van der Waals surface area contributed by atoms with Gasteiger partial charge in [-0.1, -0.05) is 12.1 Å². The van der Waals surface area contributed by atoms with E-state index in [1.807, 2.05) is 24.3 Å². The third-order valence-corrected chi connectivity index (χ3v) is 3.19. The van der Waals surface area contributed by atoms with Crippen LogP contribution >= 0.6 is 0 Å². The number of aromatic nitrogens is 2. The van der Waals surface area contributed by atoms with Crippen LogP contribution in [0.1, 0.15) is 16.2 Å². The smallest absolute Gasteiger partial charge is 0.269 e. The summed E-state index contributed by atoms with van der Waals surface area (Å²) in [5, 5.41) is 9.66. The molecule has 2 heterocycles. The fraction of sp³-hybridized carbons (Fsp3) is 0.125. The second kappa shape index (κ2) is 6.17. The van der Waals surface area contributed by atoms with Crippen LogP contribution in [0.2, 0.25) is 0 Å². The number of rotatable bonds is 5. The highest BCUT2D eigenvalue weighted by Crippen LogP contribution is 2.22. The van der Waals surface area contributed by atoms with Crippen molar-refractivity contribution in [1.82, 2.24) is 15.5 Å². The molecule has 0 saturated heterocycles. The zero-order valence-electron chi connectivity index (χ0n) is 12.0. The predicted octanol–water partition coefficient (Wildman–Crippen LogP) is 2.61. The molecule has 112 valence electrons. The minimum Gasteiger partial charge on any atom is -0.497 e. The number of ether oxygens (including phenoxy) is 1. The molecule has 0 aliphatic rings. The van der Waals surface area contributed by atoms with Gasteiger partial charge in [-0.25, -0.2) is 0 Å². The molecule has 1 amide bonds. The number of methoxy groups -OCH3 is 1. The standard InChI is InChI=1S/C16H15N3O3/c1-21-12-5-2-4-11(8-12)14-9-15(19-18-14)16(20)17-10-13-6-3-7-22-13/h2-9H,10H2,1H3,(H,17,20)(H,18,19). The molecule has 0 aliphatic carbocycles. The first-order chi connectivity index (χ1) is 10.8. The number of hydrogen-bond acceptors (Lipinski definition) is 4. The topological polar surface area (TPSA) is 80.1 Å². The average molecular weight is 297 g/mol.